The van der Waals surface area contributed by atoms with Crippen LogP contribution in [0, 0.1) is 6.92 Å². The first-order chi connectivity index (χ1) is 9.82. The molecule has 0 spiro atoms. The van der Waals surface area contributed by atoms with Gasteiger partial charge in [-0.25, -0.2) is 4.79 Å². The van der Waals surface area contributed by atoms with Crippen LogP contribution in [-0.2, 0) is 7.05 Å². The number of benzene rings is 1. The van der Waals surface area contributed by atoms with Crippen LogP contribution >= 0.6 is 0 Å². The van der Waals surface area contributed by atoms with Gasteiger partial charge >= 0.3 is 5.97 Å². The third kappa shape index (κ3) is 2.58. The van der Waals surface area contributed by atoms with E-state index in [4.69, 9.17) is 5.73 Å². The average Bonchev–Trinajstić information content (AvgIpc) is 2.77. The number of carbonyl (C=O) groups excluding carboxylic acids is 1. The molecule has 0 saturated heterocycles. The zero-order chi connectivity index (χ0) is 15.7. The minimum atomic E-state index is -1.14. The second kappa shape index (κ2) is 5.28. The van der Waals surface area contributed by atoms with Gasteiger partial charge in [-0.1, -0.05) is 0 Å². The van der Waals surface area contributed by atoms with Crippen molar-refractivity contribution in [1.29, 1.82) is 0 Å². The number of nitrogens with zero attached hydrogens (tertiary/aromatic N) is 3. The van der Waals surface area contributed by atoms with Gasteiger partial charge in [0.05, 0.1) is 23.0 Å². The SMILES string of the molecule is Cc1c(C(=O)N(C)c2ccc(N)cc2C(=O)O)cnn1C. The van der Waals surface area contributed by atoms with E-state index in [0.29, 0.717) is 16.9 Å². The molecule has 7 nitrogen and oxygen atoms in total. The Labute approximate surface area is 121 Å². The summed E-state index contributed by atoms with van der Waals surface area (Å²) < 4.78 is 1.59. The third-order valence-electron chi connectivity index (χ3n) is 3.38. The summed E-state index contributed by atoms with van der Waals surface area (Å²) in [6.45, 7) is 1.77. The van der Waals surface area contributed by atoms with Gasteiger partial charge in [0.25, 0.3) is 5.91 Å². The van der Waals surface area contributed by atoms with Crippen LogP contribution in [0.4, 0.5) is 11.4 Å². The van der Waals surface area contributed by atoms with Gasteiger partial charge in [-0.05, 0) is 25.1 Å². The highest BCUT2D eigenvalue weighted by Gasteiger charge is 2.22. The second-order valence-electron chi connectivity index (χ2n) is 4.71. The van der Waals surface area contributed by atoms with Gasteiger partial charge in [-0.3, -0.25) is 9.48 Å². The Morgan fingerprint density at radius 3 is 2.52 bits per heavy atom. The molecule has 0 aliphatic carbocycles. The smallest absolute Gasteiger partial charge is 0.337 e. The number of aryl methyl sites for hydroxylation is 1. The predicted octanol–water partition coefficient (Wildman–Crippen LogP) is 1.29. The maximum absolute atomic E-state index is 12.5. The molecule has 1 amide bonds. The first-order valence-electron chi connectivity index (χ1n) is 6.22. The molecule has 0 atom stereocenters. The number of nitrogen functional groups attached to an aromatic ring is 1. The van der Waals surface area contributed by atoms with E-state index < -0.39 is 5.97 Å². The van der Waals surface area contributed by atoms with E-state index in [1.807, 2.05) is 0 Å². The van der Waals surface area contributed by atoms with Gasteiger partial charge in [0, 0.05) is 25.5 Å². The number of hydrogen-bond acceptors (Lipinski definition) is 4. The zero-order valence-electron chi connectivity index (χ0n) is 12.0. The van der Waals surface area contributed by atoms with Gasteiger partial charge in [-0.15, -0.1) is 0 Å². The molecule has 3 N–H and O–H groups in total. The summed E-state index contributed by atoms with van der Waals surface area (Å²) in [7, 11) is 3.25. The number of anilines is 2. The first kappa shape index (κ1) is 14.6. The van der Waals surface area contributed by atoms with Crippen molar-refractivity contribution < 1.29 is 14.7 Å². The van der Waals surface area contributed by atoms with E-state index in [9.17, 15) is 14.7 Å². The van der Waals surface area contributed by atoms with Crippen LogP contribution in [0.1, 0.15) is 26.4 Å². The van der Waals surface area contributed by atoms with Crippen molar-refractivity contribution in [2.45, 2.75) is 6.92 Å². The van der Waals surface area contributed by atoms with E-state index in [0.717, 1.165) is 0 Å². The van der Waals surface area contributed by atoms with Crippen molar-refractivity contribution in [2.24, 2.45) is 7.05 Å². The molecule has 2 aromatic rings. The fourth-order valence-electron chi connectivity index (χ4n) is 2.02. The lowest BCUT2D eigenvalue weighted by Gasteiger charge is -2.19. The summed E-state index contributed by atoms with van der Waals surface area (Å²) in [5.74, 6) is -1.47. The summed E-state index contributed by atoms with van der Waals surface area (Å²) in [5.41, 5.74) is 7.32. The molecule has 0 aliphatic rings. The quantitative estimate of drug-likeness (QED) is 0.828. The molecule has 0 bridgehead atoms. The molecule has 21 heavy (non-hydrogen) atoms. The van der Waals surface area contributed by atoms with E-state index in [-0.39, 0.29) is 17.2 Å². The molecule has 0 saturated carbocycles. The first-order valence-corrected chi connectivity index (χ1v) is 6.22. The average molecular weight is 288 g/mol. The molecule has 0 unspecified atom stereocenters. The van der Waals surface area contributed by atoms with Crippen molar-refractivity contribution in [3.05, 3.63) is 41.2 Å². The van der Waals surface area contributed by atoms with Crippen LogP contribution in [0.15, 0.2) is 24.4 Å². The number of aromatic nitrogens is 2. The summed E-state index contributed by atoms with van der Waals surface area (Å²) >= 11 is 0. The van der Waals surface area contributed by atoms with Crippen molar-refractivity contribution in [3.8, 4) is 0 Å². The Morgan fingerprint density at radius 1 is 1.33 bits per heavy atom. The fourth-order valence-corrected chi connectivity index (χ4v) is 2.02. The molecule has 1 heterocycles. The summed E-state index contributed by atoms with van der Waals surface area (Å²) in [6, 6.07) is 4.40. The van der Waals surface area contributed by atoms with Gasteiger partial charge < -0.3 is 15.7 Å². The van der Waals surface area contributed by atoms with Crippen molar-refractivity contribution >= 4 is 23.3 Å². The van der Waals surface area contributed by atoms with Crippen LogP contribution in [0.2, 0.25) is 0 Å². The number of carboxylic acids is 1. The minimum absolute atomic E-state index is 0.0209. The van der Waals surface area contributed by atoms with E-state index in [2.05, 4.69) is 5.10 Å². The van der Waals surface area contributed by atoms with Crippen LogP contribution in [0.5, 0.6) is 0 Å². The molecular weight excluding hydrogens is 272 g/mol. The largest absolute Gasteiger partial charge is 0.478 e. The second-order valence-corrected chi connectivity index (χ2v) is 4.71. The van der Waals surface area contributed by atoms with Crippen LogP contribution in [0.3, 0.4) is 0 Å². The maximum atomic E-state index is 12.5. The lowest BCUT2D eigenvalue weighted by molar-refractivity contribution is 0.0698. The molecule has 2 rings (SSSR count). The lowest BCUT2D eigenvalue weighted by Crippen LogP contribution is -2.28. The van der Waals surface area contributed by atoms with E-state index in [1.165, 1.54) is 30.3 Å². The van der Waals surface area contributed by atoms with E-state index in [1.54, 1.807) is 24.7 Å². The molecule has 7 heteroatoms. The van der Waals surface area contributed by atoms with Crippen molar-refractivity contribution in [2.75, 3.05) is 17.7 Å². The number of carbonyl (C=O) groups is 2. The van der Waals surface area contributed by atoms with E-state index >= 15 is 0 Å². The molecule has 0 aliphatic heterocycles. The number of carboxylic acid groups (broad SMARTS) is 1. The Hall–Kier alpha value is -2.83. The Kier molecular flexibility index (Phi) is 3.66. The standard InChI is InChI=1S/C14H16N4O3/c1-8-11(7-16-18(8)3)13(19)17(2)12-5-4-9(15)6-10(12)14(20)21/h4-7H,15H2,1-3H3,(H,20,21). The predicted molar refractivity (Wildman–Crippen MR) is 78.5 cm³/mol. The maximum Gasteiger partial charge on any atom is 0.337 e. The van der Waals surface area contributed by atoms with Gasteiger partial charge in [0.15, 0.2) is 0 Å². The summed E-state index contributed by atoms with van der Waals surface area (Å²) in [4.78, 5) is 25.1. The molecular formula is C14H16N4O3. The van der Waals surface area contributed by atoms with Gasteiger partial charge in [-0.2, -0.15) is 5.10 Å². The number of amides is 1. The highest BCUT2D eigenvalue weighted by molar-refractivity contribution is 6.09. The topological polar surface area (TPSA) is 101 Å². The van der Waals surface area contributed by atoms with Gasteiger partial charge in [0.1, 0.15) is 0 Å². The highest BCUT2D eigenvalue weighted by Crippen LogP contribution is 2.24. The number of nitrogens with two attached hydrogens (primary N) is 1. The fraction of sp³-hybridized carbons (Fsp3) is 0.214. The Balaban J connectivity index is 2.45. The van der Waals surface area contributed by atoms with Crippen LogP contribution in [0.25, 0.3) is 0 Å². The normalized spacial score (nSPS) is 10.4. The van der Waals surface area contributed by atoms with Crippen molar-refractivity contribution in [3.63, 3.8) is 0 Å². The molecule has 1 aromatic carbocycles. The third-order valence-corrected chi connectivity index (χ3v) is 3.38. The number of hydrogen-bond donors (Lipinski definition) is 2. The van der Waals surface area contributed by atoms with Crippen LogP contribution in [-0.4, -0.2) is 33.8 Å². The number of rotatable bonds is 3. The van der Waals surface area contributed by atoms with Crippen molar-refractivity contribution in [1.82, 2.24) is 9.78 Å². The monoisotopic (exact) mass is 288 g/mol. The number of aromatic carboxylic acids is 1. The molecule has 110 valence electrons. The highest BCUT2D eigenvalue weighted by atomic mass is 16.4. The molecule has 0 fully saturated rings. The summed E-state index contributed by atoms with van der Waals surface area (Å²) in [5, 5.41) is 13.3. The molecule has 1 aromatic heterocycles. The lowest BCUT2D eigenvalue weighted by atomic mass is 10.1. The zero-order valence-corrected chi connectivity index (χ0v) is 12.0. The Bertz CT molecular complexity index is 721. The van der Waals surface area contributed by atoms with Crippen LogP contribution < -0.4 is 10.6 Å². The minimum Gasteiger partial charge on any atom is -0.478 e. The van der Waals surface area contributed by atoms with Gasteiger partial charge in [0.2, 0.25) is 0 Å². The Morgan fingerprint density at radius 2 is 2.00 bits per heavy atom. The summed E-state index contributed by atoms with van der Waals surface area (Å²) in [6.07, 6.45) is 1.46. The molecule has 0 radical (unpaired) electrons.